The van der Waals surface area contributed by atoms with Gasteiger partial charge in [-0.3, -0.25) is 4.79 Å². The van der Waals surface area contributed by atoms with Crippen molar-refractivity contribution in [3.05, 3.63) is 60.0 Å². The summed E-state index contributed by atoms with van der Waals surface area (Å²) in [4.78, 5) is 18.9. The van der Waals surface area contributed by atoms with Crippen molar-refractivity contribution in [2.45, 2.75) is 0 Å². The standard InChI is InChI=1S/C21H21FN4O3S/c1-30(28,29)26-9-7-25(8-10-26)21(27)19-13-24-20(23)18-12-15(5-6-17(18)19)14-3-2-4-16(22)11-14/h2-6,11-13H,7-10H2,1H3,(H2,23,24). The predicted octanol–water partition coefficient (Wildman–Crippen LogP) is 2.34. The number of nitrogen functional groups attached to an aromatic ring is 1. The van der Waals surface area contributed by atoms with E-state index in [4.69, 9.17) is 5.73 Å². The van der Waals surface area contributed by atoms with Gasteiger partial charge in [0, 0.05) is 37.8 Å². The Balaban J connectivity index is 1.67. The highest BCUT2D eigenvalue weighted by molar-refractivity contribution is 7.88. The number of nitrogens with two attached hydrogens (primary N) is 1. The number of carbonyl (C=O) groups is 1. The van der Waals surface area contributed by atoms with E-state index in [1.165, 1.54) is 22.6 Å². The largest absolute Gasteiger partial charge is 0.383 e. The Labute approximate surface area is 174 Å². The molecule has 1 fully saturated rings. The fraction of sp³-hybridized carbons (Fsp3) is 0.238. The highest BCUT2D eigenvalue weighted by Crippen LogP contribution is 2.30. The molecule has 1 aliphatic heterocycles. The van der Waals surface area contributed by atoms with Gasteiger partial charge in [0.1, 0.15) is 11.6 Å². The number of hydrogen-bond acceptors (Lipinski definition) is 5. The molecule has 1 aromatic heterocycles. The maximum absolute atomic E-state index is 13.6. The van der Waals surface area contributed by atoms with Crippen LogP contribution in [0.3, 0.4) is 0 Å². The lowest BCUT2D eigenvalue weighted by molar-refractivity contribution is 0.0700. The monoisotopic (exact) mass is 428 g/mol. The highest BCUT2D eigenvalue weighted by Gasteiger charge is 2.27. The molecular weight excluding hydrogens is 407 g/mol. The van der Waals surface area contributed by atoms with Crippen LogP contribution in [0.25, 0.3) is 21.9 Å². The number of sulfonamides is 1. The van der Waals surface area contributed by atoms with Crippen LogP contribution in [-0.4, -0.2) is 60.9 Å². The number of aromatic nitrogens is 1. The van der Waals surface area contributed by atoms with Crippen molar-refractivity contribution in [2.75, 3.05) is 38.2 Å². The van der Waals surface area contributed by atoms with Gasteiger partial charge >= 0.3 is 0 Å². The van der Waals surface area contributed by atoms with Gasteiger partial charge < -0.3 is 10.6 Å². The zero-order valence-corrected chi connectivity index (χ0v) is 17.2. The number of carbonyl (C=O) groups excluding carboxylic acids is 1. The number of hydrogen-bond donors (Lipinski definition) is 1. The van der Waals surface area contributed by atoms with Crippen molar-refractivity contribution in [2.24, 2.45) is 0 Å². The fourth-order valence-corrected chi connectivity index (χ4v) is 4.50. The van der Waals surface area contributed by atoms with Crippen molar-refractivity contribution in [1.29, 1.82) is 0 Å². The second-order valence-electron chi connectivity index (χ2n) is 7.28. The van der Waals surface area contributed by atoms with Crippen LogP contribution in [0.5, 0.6) is 0 Å². The van der Waals surface area contributed by atoms with Crippen LogP contribution in [0, 0.1) is 5.82 Å². The van der Waals surface area contributed by atoms with E-state index in [0.29, 0.717) is 35.0 Å². The lowest BCUT2D eigenvalue weighted by atomic mass is 9.99. The number of piperazine rings is 1. The Kier molecular flexibility index (Phi) is 5.17. The molecule has 9 heteroatoms. The van der Waals surface area contributed by atoms with Crippen molar-refractivity contribution in [3.8, 4) is 11.1 Å². The number of anilines is 1. The molecule has 0 bridgehead atoms. The number of pyridine rings is 1. The van der Waals surface area contributed by atoms with Gasteiger partial charge in [-0.2, -0.15) is 4.31 Å². The Morgan fingerprint density at radius 2 is 1.73 bits per heavy atom. The van der Waals surface area contributed by atoms with Gasteiger partial charge in [-0.25, -0.2) is 17.8 Å². The summed E-state index contributed by atoms with van der Waals surface area (Å²) in [5, 5.41) is 1.26. The second-order valence-corrected chi connectivity index (χ2v) is 9.26. The van der Waals surface area contributed by atoms with E-state index in [0.717, 1.165) is 11.8 Å². The van der Waals surface area contributed by atoms with Crippen LogP contribution in [0.15, 0.2) is 48.7 Å². The van der Waals surface area contributed by atoms with Gasteiger partial charge in [0.15, 0.2) is 0 Å². The molecule has 0 radical (unpaired) electrons. The number of nitrogens with zero attached hydrogens (tertiary/aromatic N) is 3. The molecule has 2 heterocycles. The van der Waals surface area contributed by atoms with E-state index >= 15 is 0 Å². The number of benzene rings is 2. The Morgan fingerprint density at radius 1 is 1.03 bits per heavy atom. The van der Waals surface area contributed by atoms with E-state index in [9.17, 15) is 17.6 Å². The van der Waals surface area contributed by atoms with Crippen molar-refractivity contribution >= 4 is 32.5 Å². The topological polar surface area (TPSA) is 96.6 Å². The van der Waals surface area contributed by atoms with Gasteiger partial charge in [0.05, 0.1) is 11.8 Å². The zero-order valence-electron chi connectivity index (χ0n) is 16.4. The molecular formula is C21H21FN4O3S. The molecule has 0 saturated carbocycles. The fourth-order valence-electron chi connectivity index (χ4n) is 3.68. The summed E-state index contributed by atoms with van der Waals surface area (Å²) in [5.41, 5.74) is 7.93. The van der Waals surface area contributed by atoms with Crippen molar-refractivity contribution < 1.29 is 17.6 Å². The molecule has 1 amide bonds. The number of amides is 1. The van der Waals surface area contributed by atoms with Crippen LogP contribution in [0.2, 0.25) is 0 Å². The van der Waals surface area contributed by atoms with Crippen LogP contribution in [0.4, 0.5) is 10.2 Å². The molecule has 4 rings (SSSR count). The first kappa shape index (κ1) is 20.2. The Hall–Kier alpha value is -3.04. The Bertz CT molecular complexity index is 1240. The summed E-state index contributed by atoms with van der Waals surface area (Å²) < 4.78 is 38.3. The van der Waals surface area contributed by atoms with Crippen molar-refractivity contribution in [1.82, 2.24) is 14.2 Å². The first-order chi connectivity index (χ1) is 14.2. The average Bonchev–Trinajstić information content (AvgIpc) is 2.73. The second kappa shape index (κ2) is 7.66. The maximum atomic E-state index is 13.6. The van der Waals surface area contributed by atoms with Crippen LogP contribution in [0.1, 0.15) is 10.4 Å². The Morgan fingerprint density at radius 3 is 2.40 bits per heavy atom. The third-order valence-corrected chi connectivity index (χ3v) is 6.60. The molecule has 0 atom stereocenters. The quantitative estimate of drug-likeness (QED) is 0.691. The lowest BCUT2D eigenvalue weighted by Crippen LogP contribution is -2.50. The first-order valence-electron chi connectivity index (χ1n) is 9.42. The first-order valence-corrected chi connectivity index (χ1v) is 11.3. The summed E-state index contributed by atoms with van der Waals surface area (Å²) in [6.45, 7) is 1.13. The smallest absolute Gasteiger partial charge is 0.256 e. The summed E-state index contributed by atoms with van der Waals surface area (Å²) in [7, 11) is -3.27. The summed E-state index contributed by atoms with van der Waals surface area (Å²) in [6.07, 6.45) is 2.61. The molecule has 0 spiro atoms. The molecule has 2 aromatic carbocycles. The molecule has 1 saturated heterocycles. The molecule has 7 nitrogen and oxygen atoms in total. The van der Waals surface area contributed by atoms with E-state index in [1.807, 2.05) is 6.07 Å². The zero-order chi connectivity index (χ0) is 21.5. The highest BCUT2D eigenvalue weighted by atomic mass is 32.2. The lowest BCUT2D eigenvalue weighted by Gasteiger charge is -2.33. The maximum Gasteiger partial charge on any atom is 0.256 e. The number of halogens is 1. The van der Waals surface area contributed by atoms with Gasteiger partial charge in [0.25, 0.3) is 5.91 Å². The van der Waals surface area contributed by atoms with E-state index in [-0.39, 0.29) is 30.6 Å². The molecule has 156 valence electrons. The van der Waals surface area contributed by atoms with Crippen molar-refractivity contribution in [3.63, 3.8) is 0 Å². The molecule has 1 aliphatic rings. The van der Waals surface area contributed by atoms with Crippen LogP contribution < -0.4 is 5.73 Å². The SMILES string of the molecule is CS(=O)(=O)N1CCN(C(=O)c2cnc(N)c3cc(-c4cccc(F)c4)ccc23)CC1. The molecule has 30 heavy (non-hydrogen) atoms. The van der Waals surface area contributed by atoms with E-state index in [1.54, 1.807) is 29.2 Å². The van der Waals surface area contributed by atoms with Gasteiger partial charge in [-0.05, 0) is 34.7 Å². The third-order valence-electron chi connectivity index (χ3n) is 5.30. The molecule has 2 N–H and O–H groups in total. The van der Waals surface area contributed by atoms with E-state index in [2.05, 4.69) is 4.98 Å². The summed E-state index contributed by atoms with van der Waals surface area (Å²) in [5.74, 6) is -0.281. The molecule has 3 aromatic rings. The molecule has 0 aliphatic carbocycles. The third kappa shape index (κ3) is 3.86. The van der Waals surface area contributed by atoms with Gasteiger partial charge in [-0.1, -0.05) is 24.3 Å². The van der Waals surface area contributed by atoms with E-state index < -0.39 is 10.0 Å². The minimum absolute atomic E-state index is 0.223. The predicted molar refractivity (Wildman–Crippen MR) is 114 cm³/mol. The van der Waals surface area contributed by atoms with Gasteiger partial charge in [-0.15, -0.1) is 0 Å². The van der Waals surface area contributed by atoms with Crippen LogP contribution in [-0.2, 0) is 10.0 Å². The van der Waals surface area contributed by atoms with Crippen LogP contribution >= 0.6 is 0 Å². The normalized spacial score (nSPS) is 15.5. The summed E-state index contributed by atoms with van der Waals surface area (Å²) in [6, 6.07) is 11.6. The number of rotatable bonds is 3. The summed E-state index contributed by atoms with van der Waals surface area (Å²) >= 11 is 0. The minimum Gasteiger partial charge on any atom is -0.383 e. The van der Waals surface area contributed by atoms with Gasteiger partial charge in [0.2, 0.25) is 10.0 Å². The molecule has 0 unspecified atom stereocenters. The average molecular weight is 428 g/mol. The minimum atomic E-state index is -3.27. The number of fused-ring (bicyclic) bond motifs is 1.